The van der Waals surface area contributed by atoms with Crippen LogP contribution in [0.3, 0.4) is 0 Å². The fraction of sp³-hybridized carbons (Fsp3) is 0.364. The molecule has 17 heteroatoms. The number of guanidine groups is 1. The number of nitrogens with one attached hydrogen (secondary N) is 3. The second-order valence-corrected chi connectivity index (χ2v) is 12.2. The number of rotatable bonds is 10. The van der Waals surface area contributed by atoms with Gasteiger partial charge in [0.15, 0.2) is 5.82 Å². The first-order valence-electron chi connectivity index (χ1n) is 16.4. The van der Waals surface area contributed by atoms with Crippen molar-refractivity contribution >= 4 is 46.9 Å². The number of piperazine rings is 2. The van der Waals surface area contributed by atoms with Gasteiger partial charge in [0.05, 0.1) is 28.4 Å². The number of Topliss-reactive ketones (excluding diaryl/α,β-unsaturated/α-hetero) is 1. The van der Waals surface area contributed by atoms with E-state index >= 15 is 4.39 Å². The Bertz CT molecular complexity index is 1880. The van der Waals surface area contributed by atoms with Crippen LogP contribution < -0.4 is 16.2 Å². The molecule has 2 saturated heterocycles. The molecule has 3 aromatic heterocycles. The maximum atomic E-state index is 15.2. The molecule has 0 atom stereocenters. The summed E-state index contributed by atoms with van der Waals surface area (Å²) in [5, 5.41) is 19.2. The first kappa shape index (κ1) is 34.2. The molecule has 2 fully saturated rings. The summed E-state index contributed by atoms with van der Waals surface area (Å²) in [7, 11) is 2.11. The van der Waals surface area contributed by atoms with E-state index in [4.69, 9.17) is 5.84 Å². The molecule has 0 spiro atoms. The number of benzene rings is 1. The van der Waals surface area contributed by atoms with Crippen molar-refractivity contribution in [2.45, 2.75) is 6.42 Å². The molecule has 0 radical (unpaired) electrons. The molecule has 5 heterocycles. The number of fused-ring (bicyclic) bond motifs is 1. The Morgan fingerprint density at radius 2 is 1.78 bits per heavy atom. The van der Waals surface area contributed by atoms with Crippen molar-refractivity contribution in [3.05, 3.63) is 65.9 Å². The fourth-order valence-corrected chi connectivity index (χ4v) is 6.18. The number of carbonyl (C=O) groups is 3. The number of para-hydroxylation sites is 1. The minimum Gasteiger partial charge on any atom is -0.359 e. The molecule has 0 saturated carbocycles. The first-order chi connectivity index (χ1) is 24.3. The van der Waals surface area contributed by atoms with Gasteiger partial charge in [-0.05, 0) is 38.2 Å². The molecular weight excluding hydrogens is 645 g/mol. The molecule has 2 aliphatic rings. The predicted molar refractivity (Wildman–Crippen MR) is 187 cm³/mol. The molecule has 6 rings (SSSR count). The molecule has 4 aromatic rings. The van der Waals surface area contributed by atoms with Gasteiger partial charge in [0.2, 0.25) is 5.96 Å². The van der Waals surface area contributed by atoms with Crippen molar-refractivity contribution in [2.75, 3.05) is 77.5 Å². The molecule has 262 valence electrons. The number of H-pyrrole nitrogens is 2. The van der Waals surface area contributed by atoms with Gasteiger partial charge in [-0.15, -0.1) is 5.10 Å². The Balaban J connectivity index is 1.09. The third kappa shape index (κ3) is 7.18. The average Bonchev–Trinajstić information content (AvgIpc) is 3.82. The highest BCUT2D eigenvalue weighted by Gasteiger charge is 2.32. The molecule has 2 aliphatic heterocycles. The van der Waals surface area contributed by atoms with Crippen molar-refractivity contribution in [3.63, 3.8) is 0 Å². The topological polar surface area (TPSA) is 188 Å². The van der Waals surface area contributed by atoms with Gasteiger partial charge in [0, 0.05) is 71.8 Å². The van der Waals surface area contributed by atoms with Crippen molar-refractivity contribution in [2.24, 2.45) is 16.0 Å². The minimum absolute atomic E-state index is 0.0852. The van der Waals surface area contributed by atoms with Crippen molar-refractivity contribution in [1.82, 2.24) is 45.1 Å². The summed E-state index contributed by atoms with van der Waals surface area (Å²) in [5.41, 5.74) is 1.47. The number of amides is 2. The molecule has 1 aromatic carbocycles. The van der Waals surface area contributed by atoms with E-state index < -0.39 is 17.5 Å². The number of carbonyl (C=O) groups excluding carboxylic acids is 3. The number of anilines is 1. The maximum Gasteiger partial charge on any atom is 0.295 e. The average molecular weight is 686 g/mol. The molecule has 5 N–H and O–H groups in total. The molecule has 16 nitrogen and oxygen atoms in total. The first-order valence-corrected chi connectivity index (χ1v) is 16.4. The van der Waals surface area contributed by atoms with Crippen LogP contribution in [-0.4, -0.2) is 143 Å². The second-order valence-electron chi connectivity index (χ2n) is 12.2. The Hall–Kier alpha value is -5.68. The highest BCUT2D eigenvalue weighted by atomic mass is 19.1. The van der Waals surface area contributed by atoms with Gasteiger partial charge in [-0.25, -0.2) is 9.37 Å². The molecule has 2 amide bonds. The van der Waals surface area contributed by atoms with E-state index in [0.717, 1.165) is 45.3 Å². The Kier molecular flexibility index (Phi) is 10.4. The molecular formula is C33H40FN13O3. The van der Waals surface area contributed by atoms with Crippen molar-refractivity contribution < 1.29 is 18.8 Å². The number of nitrogens with zero attached hydrogens (tertiary/aromatic N) is 9. The highest BCUT2D eigenvalue weighted by molar-refractivity contribution is 6.45. The number of likely N-dealkylation sites (N-methyl/N-ethyl adjacent to an activating group) is 1. The normalized spacial score (nSPS) is 16.1. The lowest BCUT2D eigenvalue weighted by Gasteiger charge is -2.37. The number of nitrogens with two attached hydrogens (primary N) is 1. The minimum atomic E-state index is -0.870. The lowest BCUT2D eigenvalue weighted by molar-refractivity contribution is -0.127. The molecule has 50 heavy (non-hydrogen) atoms. The molecule has 0 bridgehead atoms. The Labute approximate surface area is 287 Å². The summed E-state index contributed by atoms with van der Waals surface area (Å²) < 4.78 is 15.2. The van der Waals surface area contributed by atoms with Crippen LogP contribution >= 0.6 is 0 Å². The largest absolute Gasteiger partial charge is 0.359 e. The van der Waals surface area contributed by atoms with Gasteiger partial charge in [0.1, 0.15) is 17.1 Å². The van der Waals surface area contributed by atoms with E-state index in [1.165, 1.54) is 22.2 Å². The van der Waals surface area contributed by atoms with Crippen LogP contribution in [0.1, 0.15) is 27.3 Å². The number of aromatic nitrogens is 4. The van der Waals surface area contributed by atoms with Crippen LogP contribution in [0.2, 0.25) is 0 Å². The fourth-order valence-electron chi connectivity index (χ4n) is 6.18. The van der Waals surface area contributed by atoms with E-state index in [1.54, 1.807) is 0 Å². The van der Waals surface area contributed by atoms with Crippen molar-refractivity contribution in [1.29, 1.82) is 0 Å². The number of hydrogen-bond acceptors (Lipinski definition) is 10. The van der Waals surface area contributed by atoms with Gasteiger partial charge in [0.25, 0.3) is 17.6 Å². The number of aromatic amines is 2. The monoisotopic (exact) mass is 685 g/mol. The zero-order valence-corrected chi connectivity index (χ0v) is 27.8. The summed E-state index contributed by atoms with van der Waals surface area (Å²) in [4.78, 5) is 54.7. The SMILES string of the molecule is C=NN(/C(=N\N)N1CCN(C(=O)C(=O)c2c[nH]c3c(-c4cc(C(=O)NCCCN5CCN(C)CC5)[nH]n4)ncc(F)c23)CC1)c1ccccc1. The Morgan fingerprint density at radius 3 is 2.48 bits per heavy atom. The zero-order valence-electron chi connectivity index (χ0n) is 27.8. The highest BCUT2D eigenvalue weighted by Crippen LogP contribution is 2.30. The Morgan fingerprint density at radius 1 is 1.06 bits per heavy atom. The van der Waals surface area contributed by atoms with Crippen molar-refractivity contribution in [3.8, 4) is 11.4 Å². The van der Waals surface area contributed by atoms with Crippen LogP contribution in [0.25, 0.3) is 22.3 Å². The van der Waals surface area contributed by atoms with E-state index in [1.807, 2.05) is 35.2 Å². The van der Waals surface area contributed by atoms with E-state index in [-0.39, 0.29) is 52.5 Å². The standard InChI is InChI=1S/C33H40FN13O3/c1-36-47(22-7-4-3-5-8-22)33(40-35)46-17-15-45(16-18-46)32(50)30(48)23-20-38-29-27(23)24(34)21-39-28(29)25-19-26(42-41-25)31(49)37-9-6-10-44-13-11-43(2)12-14-44/h3-5,7-8,19-21,38H,1,6,9-18,35H2,2H3,(H,37,49)(H,41,42)/b40-33-. The quantitative estimate of drug-likeness (QED) is 0.0359. The molecule has 0 unspecified atom stereocenters. The van der Waals surface area contributed by atoms with Crippen LogP contribution in [0.4, 0.5) is 10.1 Å². The summed E-state index contributed by atoms with van der Waals surface area (Å²) in [6.07, 6.45) is 3.08. The van der Waals surface area contributed by atoms with Gasteiger partial charge < -0.3 is 35.7 Å². The van der Waals surface area contributed by atoms with E-state index in [0.29, 0.717) is 31.3 Å². The molecule has 0 aliphatic carbocycles. The smallest absolute Gasteiger partial charge is 0.295 e. The van der Waals surface area contributed by atoms with Gasteiger partial charge >= 0.3 is 0 Å². The van der Waals surface area contributed by atoms with E-state index in [9.17, 15) is 14.4 Å². The number of halogens is 1. The van der Waals surface area contributed by atoms with Gasteiger partial charge in [-0.3, -0.25) is 19.5 Å². The number of hydrogen-bond donors (Lipinski definition) is 4. The van der Waals surface area contributed by atoms with E-state index in [2.05, 4.69) is 59.2 Å². The van der Waals surface area contributed by atoms with Crippen LogP contribution in [-0.2, 0) is 4.79 Å². The lowest BCUT2D eigenvalue weighted by Crippen LogP contribution is -2.55. The summed E-state index contributed by atoms with van der Waals surface area (Å²) >= 11 is 0. The van der Waals surface area contributed by atoms with Crippen LogP contribution in [0.5, 0.6) is 0 Å². The maximum absolute atomic E-state index is 15.2. The summed E-state index contributed by atoms with van der Waals surface area (Å²) in [6, 6.07) is 10.7. The number of pyridine rings is 1. The van der Waals surface area contributed by atoms with Crippen LogP contribution in [0.15, 0.2) is 59.0 Å². The van der Waals surface area contributed by atoms with Crippen LogP contribution in [0, 0.1) is 5.82 Å². The predicted octanol–water partition coefficient (Wildman–Crippen LogP) is 1.14. The number of hydrazone groups is 2. The number of ketones is 1. The zero-order chi connectivity index (χ0) is 35.2. The summed E-state index contributed by atoms with van der Waals surface area (Å²) in [5.74, 6) is 3.31. The lowest BCUT2D eigenvalue weighted by atomic mass is 10.1. The second kappa shape index (κ2) is 15.3. The van der Waals surface area contributed by atoms with Gasteiger partial charge in [-0.1, -0.05) is 18.2 Å². The summed E-state index contributed by atoms with van der Waals surface area (Å²) in [6.45, 7) is 10.1. The third-order valence-electron chi connectivity index (χ3n) is 9.00. The third-order valence-corrected chi connectivity index (χ3v) is 9.00. The van der Waals surface area contributed by atoms with Gasteiger partial charge in [-0.2, -0.15) is 15.2 Å².